The van der Waals surface area contributed by atoms with Gasteiger partial charge in [-0.15, -0.1) is 5.92 Å². The summed E-state index contributed by atoms with van der Waals surface area (Å²) in [5.74, 6) is 5.70. The highest BCUT2D eigenvalue weighted by molar-refractivity contribution is 4.98. The maximum Gasteiger partial charge on any atom is 0.104 e. The van der Waals surface area contributed by atoms with Gasteiger partial charge in [0.15, 0.2) is 0 Å². The summed E-state index contributed by atoms with van der Waals surface area (Å²) in [6, 6.07) is 0. The van der Waals surface area contributed by atoms with Gasteiger partial charge in [0.25, 0.3) is 0 Å². The van der Waals surface area contributed by atoms with E-state index in [-0.39, 0.29) is 6.61 Å². The molecule has 0 aliphatic rings. The second-order valence-electron chi connectivity index (χ2n) is 7.63. The van der Waals surface area contributed by atoms with Gasteiger partial charge in [0.2, 0.25) is 0 Å². The zero-order chi connectivity index (χ0) is 18.3. The fourth-order valence-corrected chi connectivity index (χ4v) is 3.44. The van der Waals surface area contributed by atoms with Crippen LogP contribution in [0.3, 0.4) is 0 Å². The smallest absolute Gasteiger partial charge is 0.104 e. The highest BCUT2D eigenvalue weighted by atomic mass is 16.2. The average Bonchev–Trinajstić information content (AvgIpc) is 2.63. The first-order valence-corrected chi connectivity index (χ1v) is 11.5. The molecule has 0 aliphatic carbocycles. The summed E-state index contributed by atoms with van der Waals surface area (Å²) in [5, 5.41) is 8.55. The Balaban J connectivity index is 2.98. The molecule has 0 aromatic rings. The summed E-state index contributed by atoms with van der Waals surface area (Å²) in [6.07, 6.45) is 27.9. The van der Waals surface area contributed by atoms with Crippen LogP contribution in [0.2, 0.25) is 0 Å². The molecular weight excluding hydrogens is 304 g/mol. The molecule has 1 N–H and O–H groups in total. The Morgan fingerprint density at radius 2 is 0.760 bits per heavy atom. The fourth-order valence-electron chi connectivity index (χ4n) is 3.44. The maximum atomic E-state index is 8.55. The van der Waals surface area contributed by atoms with Gasteiger partial charge in [0, 0.05) is 6.42 Å². The molecule has 1 heteroatoms. The molecule has 0 aromatic heterocycles. The first kappa shape index (κ1) is 24.5. The molecule has 0 bridgehead atoms. The minimum absolute atomic E-state index is 0.0130. The predicted molar refractivity (Wildman–Crippen MR) is 113 cm³/mol. The lowest BCUT2D eigenvalue weighted by Gasteiger charge is -2.03. The summed E-state index contributed by atoms with van der Waals surface area (Å²) in [4.78, 5) is 0. The van der Waals surface area contributed by atoms with Crippen molar-refractivity contribution < 1.29 is 5.11 Å². The van der Waals surface area contributed by atoms with Gasteiger partial charge in [0.05, 0.1) is 0 Å². The van der Waals surface area contributed by atoms with Crippen LogP contribution in [0.15, 0.2) is 0 Å². The molecule has 0 saturated heterocycles. The van der Waals surface area contributed by atoms with Gasteiger partial charge >= 0.3 is 0 Å². The van der Waals surface area contributed by atoms with Gasteiger partial charge in [-0.2, -0.15) is 0 Å². The first-order valence-electron chi connectivity index (χ1n) is 11.5. The number of rotatable bonds is 19. The SMILES string of the molecule is CCCCCCCCCCCCCCCCCCCCCC#CCO. The normalized spacial score (nSPS) is 10.6. The molecule has 0 radical (unpaired) electrons. The molecule has 25 heavy (non-hydrogen) atoms. The molecule has 0 spiro atoms. The Hall–Kier alpha value is -0.480. The zero-order valence-corrected chi connectivity index (χ0v) is 17.3. The Kier molecular flexibility index (Phi) is 23.1. The number of hydrogen-bond acceptors (Lipinski definition) is 1. The van der Waals surface area contributed by atoms with E-state index in [4.69, 9.17) is 5.11 Å². The lowest BCUT2D eigenvalue weighted by molar-refractivity contribution is 0.350. The molecular formula is C24H46O. The maximum absolute atomic E-state index is 8.55. The molecule has 0 saturated carbocycles. The molecule has 148 valence electrons. The van der Waals surface area contributed by atoms with E-state index in [9.17, 15) is 0 Å². The largest absolute Gasteiger partial charge is 0.384 e. The third-order valence-electron chi connectivity index (χ3n) is 5.11. The predicted octanol–water partition coefficient (Wildman–Crippen LogP) is 7.80. The quantitative estimate of drug-likeness (QED) is 0.186. The van der Waals surface area contributed by atoms with Crippen molar-refractivity contribution in [3.8, 4) is 11.8 Å². The van der Waals surface area contributed by atoms with E-state index >= 15 is 0 Å². The monoisotopic (exact) mass is 350 g/mol. The second-order valence-corrected chi connectivity index (χ2v) is 7.63. The molecule has 0 aliphatic heterocycles. The highest BCUT2D eigenvalue weighted by Crippen LogP contribution is 2.14. The number of unbranched alkanes of at least 4 members (excludes halogenated alkanes) is 19. The van der Waals surface area contributed by atoms with E-state index in [0.717, 1.165) is 6.42 Å². The number of hydrogen-bond donors (Lipinski definition) is 1. The van der Waals surface area contributed by atoms with E-state index in [2.05, 4.69) is 18.8 Å². The van der Waals surface area contributed by atoms with E-state index in [1.54, 1.807) is 0 Å². The molecule has 0 unspecified atom stereocenters. The van der Waals surface area contributed by atoms with Crippen molar-refractivity contribution in [1.82, 2.24) is 0 Å². The van der Waals surface area contributed by atoms with Crippen molar-refractivity contribution in [2.75, 3.05) is 6.61 Å². The second kappa shape index (κ2) is 23.5. The van der Waals surface area contributed by atoms with Crippen LogP contribution in [-0.2, 0) is 0 Å². The Bertz CT molecular complexity index is 286. The molecule has 0 atom stereocenters. The minimum atomic E-state index is 0.0130. The molecule has 0 amide bonds. The summed E-state index contributed by atoms with van der Waals surface area (Å²) in [5.41, 5.74) is 0. The van der Waals surface area contributed by atoms with Crippen LogP contribution in [-0.4, -0.2) is 11.7 Å². The van der Waals surface area contributed by atoms with Crippen LogP contribution in [0.5, 0.6) is 0 Å². The highest BCUT2D eigenvalue weighted by Gasteiger charge is 1.95. The van der Waals surface area contributed by atoms with Crippen LogP contribution in [0.1, 0.15) is 135 Å². The lowest BCUT2D eigenvalue weighted by Crippen LogP contribution is -1.84. The lowest BCUT2D eigenvalue weighted by atomic mass is 10.0. The van der Waals surface area contributed by atoms with Crippen LogP contribution in [0.4, 0.5) is 0 Å². The minimum Gasteiger partial charge on any atom is -0.384 e. The van der Waals surface area contributed by atoms with Gasteiger partial charge in [-0.05, 0) is 6.42 Å². The van der Waals surface area contributed by atoms with Crippen molar-refractivity contribution in [3.05, 3.63) is 0 Å². The molecule has 0 rings (SSSR count). The van der Waals surface area contributed by atoms with Crippen LogP contribution >= 0.6 is 0 Å². The van der Waals surface area contributed by atoms with E-state index < -0.39 is 0 Å². The van der Waals surface area contributed by atoms with E-state index in [1.807, 2.05) is 0 Å². The van der Waals surface area contributed by atoms with Gasteiger partial charge in [-0.3, -0.25) is 0 Å². The Morgan fingerprint density at radius 1 is 0.440 bits per heavy atom. The van der Waals surface area contributed by atoms with Crippen molar-refractivity contribution in [2.24, 2.45) is 0 Å². The van der Waals surface area contributed by atoms with Crippen molar-refractivity contribution in [3.63, 3.8) is 0 Å². The standard InChI is InChI=1S/C24H46O/c1-2-3-4-5-6-7-8-9-10-11-12-13-14-15-16-17-18-19-20-21-22-23-24-25/h25H,2-21,24H2,1H3. The Morgan fingerprint density at radius 3 is 1.08 bits per heavy atom. The molecule has 0 aromatic carbocycles. The summed E-state index contributed by atoms with van der Waals surface area (Å²) >= 11 is 0. The summed E-state index contributed by atoms with van der Waals surface area (Å²) in [7, 11) is 0. The van der Waals surface area contributed by atoms with Crippen LogP contribution in [0, 0.1) is 11.8 Å². The van der Waals surface area contributed by atoms with Crippen LogP contribution in [0.25, 0.3) is 0 Å². The topological polar surface area (TPSA) is 20.2 Å². The summed E-state index contributed by atoms with van der Waals surface area (Å²) < 4.78 is 0. The third-order valence-corrected chi connectivity index (χ3v) is 5.11. The van der Waals surface area contributed by atoms with Crippen LogP contribution < -0.4 is 0 Å². The van der Waals surface area contributed by atoms with Crippen molar-refractivity contribution in [1.29, 1.82) is 0 Å². The van der Waals surface area contributed by atoms with Crippen molar-refractivity contribution >= 4 is 0 Å². The number of aliphatic hydroxyl groups excluding tert-OH is 1. The van der Waals surface area contributed by atoms with E-state index in [1.165, 1.54) is 122 Å². The van der Waals surface area contributed by atoms with E-state index in [0.29, 0.717) is 0 Å². The van der Waals surface area contributed by atoms with Gasteiger partial charge in [-0.25, -0.2) is 0 Å². The third kappa shape index (κ3) is 23.5. The van der Waals surface area contributed by atoms with Gasteiger partial charge in [0.1, 0.15) is 6.61 Å². The molecule has 1 nitrogen and oxygen atoms in total. The Labute approximate surface area is 159 Å². The van der Waals surface area contributed by atoms with Crippen molar-refractivity contribution in [2.45, 2.75) is 135 Å². The first-order chi connectivity index (χ1) is 12.4. The van der Waals surface area contributed by atoms with Gasteiger partial charge in [-0.1, -0.05) is 128 Å². The molecule has 0 fully saturated rings. The number of aliphatic hydroxyl groups is 1. The molecule has 0 heterocycles. The summed E-state index contributed by atoms with van der Waals surface area (Å²) in [6.45, 7) is 2.30. The fraction of sp³-hybridized carbons (Fsp3) is 0.917. The zero-order valence-electron chi connectivity index (χ0n) is 17.3. The van der Waals surface area contributed by atoms with Gasteiger partial charge < -0.3 is 5.11 Å². The average molecular weight is 351 g/mol.